The Morgan fingerprint density at radius 2 is 1.07 bits per heavy atom. The fourth-order valence-electron chi connectivity index (χ4n) is 7.32. The molecular formula is C40H46Cl2SiZr. The molecule has 0 aromatic heterocycles. The molecule has 44 heavy (non-hydrogen) atoms. The van der Waals surface area contributed by atoms with E-state index in [1.165, 1.54) is 33.4 Å². The first-order valence-corrected chi connectivity index (χ1v) is 23.3. The van der Waals surface area contributed by atoms with E-state index in [2.05, 4.69) is 159 Å². The molecule has 2 aliphatic rings. The number of rotatable bonds is 4. The molecule has 0 saturated carbocycles. The largest absolute Gasteiger partial charge is 0.147 e. The van der Waals surface area contributed by atoms with Gasteiger partial charge in [0, 0.05) is 0 Å². The smallest absolute Gasteiger partial charge is 0.147 e. The molecule has 4 aromatic carbocycles. The fraction of sp³-hybridized carbons (Fsp3) is 0.300. The zero-order valence-corrected chi connectivity index (χ0v) is 32.5. The summed E-state index contributed by atoms with van der Waals surface area (Å²) < 4.78 is 2.29. The Morgan fingerprint density at radius 1 is 0.636 bits per heavy atom. The molecule has 0 fully saturated rings. The fourth-order valence-corrected chi connectivity index (χ4v) is 29.5. The minimum Gasteiger partial charge on any atom is -0.147 e. The number of hydrogen-bond acceptors (Lipinski definition) is 0. The van der Waals surface area contributed by atoms with Gasteiger partial charge < -0.3 is 0 Å². The zero-order valence-electron chi connectivity index (χ0n) is 27.4. The normalized spacial score (nSPS) is 13.9. The molecule has 0 aliphatic heterocycles. The van der Waals surface area contributed by atoms with Gasteiger partial charge in [0.05, 0.1) is 0 Å². The number of benzene rings is 4. The minimum absolute atomic E-state index is 0. The van der Waals surface area contributed by atoms with Gasteiger partial charge >= 0.3 is 263 Å². The van der Waals surface area contributed by atoms with Crippen LogP contribution in [-0.4, -0.2) is 5.43 Å². The van der Waals surface area contributed by atoms with Gasteiger partial charge in [0.25, 0.3) is 0 Å². The standard InChI is InChI=1S/C23H29.C12H10Si.C5H5.2ClH.Zr/c1-14-9-16-11-17-10-15(2)21(23(6,7)8)13-19(17)18(16)12-20(14)22(3,4)5;1-3-7-11(8-4-1)13-12-9-5-2-6-10-12;1-2-4-5-3-1;;;/h9-13H,1-8H3;1-10H;1-3H,4H2;2*1H;. The quantitative estimate of drug-likeness (QED) is 0.185. The van der Waals surface area contributed by atoms with Crippen molar-refractivity contribution in [1.29, 1.82) is 0 Å². The molecule has 6 rings (SSSR count). The van der Waals surface area contributed by atoms with E-state index in [1.807, 2.05) is 0 Å². The van der Waals surface area contributed by atoms with Gasteiger partial charge in [-0.25, -0.2) is 0 Å². The predicted molar refractivity (Wildman–Crippen MR) is 195 cm³/mol. The van der Waals surface area contributed by atoms with Crippen LogP contribution in [0.25, 0.3) is 11.1 Å². The van der Waals surface area contributed by atoms with Crippen molar-refractivity contribution >= 4 is 40.6 Å². The summed E-state index contributed by atoms with van der Waals surface area (Å²) in [5, 5.41) is 3.16. The van der Waals surface area contributed by atoms with Gasteiger partial charge in [-0.3, -0.25) is 0 Å². The Labute approximate surface area is 286 Å². The molecule has 0 nitrogen and oxygen atoms in total. The molecule has 0 unspecified atom stereocenters. The summed E-state index contributed by atoms with van der Waals surface area (Å²) in [4.78, 5) is 0. The van der Waals surface area contributed by atoms with Crippen molar-refractivity contribution in [2.45, 2.75) is 76.3 Å². The van der Waals surface area contributed by atoms with Crippen molar-refractivity contribution < 1.29 is 20.4 Å². The van der Waals surface area contributed by atoms with Crippen LogP contribution in [-0.2, 0) is 31.2 Å². The predicted octanol–water partition coefficient (Wildman–Crippen LogP) is 10.1. The van der Waals surface area contributed by atoms with Crippen LogP contribution in [0.2, 0.25) is 0 Å². The van der Waals surface area contributed by atoms with Gasteiger partial charge in [-0.15, -0.1) is 24.8 Å². The summed E-state index contributed by atoms with van der Waals surface area (Å²) in [6.07, 6.45) is 8.39. The summed E-state index contributed by atoms with van der Waals surface area (Å²) >= 11 is -2.48. The third-order valence-corrected chi connectivity index (χ3v) is 28.9. The van der Waals surface area contributed by atoms with Crippen LogP contribution >= 0.6 is 24.8 Å². The van der Waals surface area contributed by atoms with Crippen LogP contribution in [0.3, 0.4) is 0 Å². The van der Waals surface area contributed by atoms with Gasteiger partial charge in [0.1, 0.15) is 0 Å². The molecule has 0 atom stereocenters. The SMILES string of the molecule is Cc1cc2c(cc1C(C)(C)C)-c1cc(C(C)(C)C)c(C)cc1[CH]2[Zr]([C]1=CC=CC1)=[Si](c1ccccc1)c1ccccc1.Cl.Cl. The van der Waals surface area contributed by atoms with Crippen molar-refractivity contribution in [3.05, 3.63) is 140 Å². The number of hydrogen-bond donors (Lipinski definition) is 0. The van der Waals surface area contributed by atoms with E-state index in [4.69, 9.17) is 0 Å². The summed E-state index contributed by atoms with van der Waals surface area (Å²) in [6, 6.07) is 33.6. The molecule has 0 spiro atoms. The van der Waals surface area contributed by atoms with E-state index < -0.39 is 25.8 Å². The summed E-state index contributed by atoms with van der Waals surface area (Å²) in [7, 11) is 0. The van der Waals surface area contributed by atoms with Gasteiger partial charge in [-0.2, -0.15) is 0 Å². The Balaban J connectivity index is 0.00000221. The van der Waals surface area contributed by atoms with Crippen molar-refractivity contribution in [3.8, 4) is 11.1 Å². The molecule has 4 aromatic rings. The van der Waals surface area contributed by atoms with Crippen molar-refractivity contribution in [1.82, 2.24) is 0 Å². The third-order valence-electron chi connectivity index (χ3n) is 9.12. The first-order valence-electron chi connectivity index (χ1n) is 15.5. The van der Waals surface area contributed by atoms with Crippen molar-refractivity contribution in [2.75, 3.05) is 0 Å². The zero-order chi connectivity index (χ0) is 29.8. The molecule has 0 amide bonds. The Bertz CT molecular complexity index is 1660. The van der Waals surface area contributed by atoms with Crippen LogP contribution in [0.4, 0.5) is 0 Å². The maximum absolute atomic E-state index is 2.62. The summed E-state index contributed by atoms with van der Waals surface area (Å²) in [5.41, 5.74) is 11.3. The molecule has 0 radical (unpaired) electrons. The Hall–Kier alpha value is -1.96. The molecule has 4 heteroatoms. The number of allylic oxidation sites excluding steroid dienone is 4. The van der Waals surface area contributed by atoms with E-state index in [-0.39, 0.29) is 35.6 Å². The van der Waals surface area contributed by atoms with E-state index >= 15 is 0 Å². The first kappa shape index (κ1) is 34.9. The summed E-state index contributed by atoms with van der Waals surface area (Å²) in [6.45, 7) is 18.9. The number of halogens is 2. The second kappa shape index (κ2) is 13.4. The van der Waals surface area contributed by atoms with Crippen LogP contribution in [0.5, 0.6) is 0 Å². The Morgan fingerprint density at radius 3 is 1.43 bits per heavy atom. The van der Waals surface area contributed by atoms with Crippen LogP contribution in [0.1, 0.15) is 85.0 Å². The first-order chi connectivity index (χ1) is 19.9. The topological polar surface area (TPSA) is 0 Å². The molecule has 2 aliphatic carbocycles. The molecule has 0 N–H and O–H groups in total. The molecule has 0 saturated heterocycles. The molecule has 0 heterocycles. The molecule has 228 valence electrons. The van der Waals surface area contributed by atoms with E-state index in [9.17, 15) is 0 Å². The number of fused-ring (bicyclic) bond motifs is 3. The van der Waals surface area contributed by atoms with E-state index in [0.717, 1.165) is 6.42 Å². The summed E-state index contributed by atoms with van der Waals surface area (Å²) in [5.74, 6) is 0. The van der Waals surface area contributed by atoms with Crippen LogP contribution in [0.15, 0.2) is 106 Å². The average molecular weight is 717 g/mol. The third kappa shape index (κ3) is 6.48. The second-order valence-corrected chi connectivity index (χ2v) is 28.1. The maximum atomic E-state index is 2.62. The maximum Gasteiger partial charge on any atom is -0.147 e. The minimum atomic E-state index is -2.48. The van der Waals surface area contributed by atoms with E-state index in [1.54, 1.807) is 24.8 Å². The van der Waals surface area contributed by atoms with Crippen LogP contribution in [0, 0.1) is 13.8 Å². The van der Waals surface area contributed by atoms with Gasteiger partial charge in [-0.1, -0.05) is 0 Å². The second-order valence-electron chi connectivity index (χ2n) is 14.3. The molecule has 0 bridgehead atoms. The van der Waals surface area contributed by atoms with Gasteiger partial charge in [0.2, 0.25) is 0 Å². The van der Waals surface area contributed by atoms with Gasteiger partial charge in [0.15, 0.2) is 0 Å². The average Bonchev–Trinajstić information content (AvgIpc) is 3.57. The molecular weight excluding hydrogens is 671 g/mol. The Kier molecular flexibility index (Phi) is 10.6. The number of aryl methyl sites for hydroxylation is 2. The van der Waals surface area contributed by atoms with Crippen LogP contribution < -0.4 is 10.4 Å². The van der Waals surface area contributed by atoms with Gasteiger partial charge in [-0.05, 0) is 0 Å². The van der Waals surface area contributed by atoms with Crippen molar-refractivity contribution in [2.24, 2.45) is 0 Å². The monoisotopic (exact) mass is 714 g/mol. The van der Waals surface area contributed by atoms with E-state index in [0.29, 0.717) is 3.63 Å². The van der Waals surface area contributed by atoms with Crippen molar-refractivity contribution in [3.63, 3.8) is 0 Å².